The average molecular weight is 295 g/mol. The van der Waals surface area contributed by atoms with E-state index in [9.17, 15) is 9.90 Å². The maximum absolute atomic E-state index is 11.6. The minimum Gasteiger partial charge on any atom is -0.480 e. The second-order valence-electron chi connectivity index (χ2n) is 5.59. The van der Waals surface area contributed by atoms with Gasteiger partial charge in [0.1, 0.15) is 6.04 Å². The van der Waals surface area contributed by atoms with Gasteiger partial charge in [-0.15, -0.1) is 11.3 Å². The molecule has 1 aromatic heterocycles. The van der Waals surface area contributed by atoms with Crippen LogP contribution in [-0.4, -0.2) is 29.1 Å². The first kappa shape index (κ1) is 15.5. The van der Waals surface area contributed by atoms with Crippen molar-refractivity contribution in [2.24, 2.45) is 0 Å². The SMILES string of the molecule is CCCCCCCCN1CCc2sccc2C1C(=O)O. The fraction of sp³-hybridized carbons (Fsp3) is 0.688. The van der Waals surface area contributed by atoms with E-state index in [2.05, 4.69) is 11.8 Å². The monoisotopic (exact) mass is 295 g/mol. The maximum Gasteiger partial charge on any atom is 0.325 e. The lowest BCUT2D eigenvalue weighted by atomic mass is 9.99. The minimum atomic E-state index is -0.699. The van der Waals surface area contributed by atoms with Crippen LogP contribution in [0, 0.1) is 0 Å². The van der Waals surface area contributed by atoms with Gasteiger partial charge in [-0.1, -0.05) is 39.0 Å². The molecule has 1 aliphatic rings. The maximum atomic E-state index is 11.6. The Morgan fingerprint density at radius 3 is 2.85 bits per heavy atom. The Kier molecular flexibility index (Phi) is 6.05. The molecule has 1 aliphatic heterocycles. The van der Waals surface area contributed by atoms with Crippen molar-refractivity contribution in [2.45, 2.75) is 57.9 Å². The molecule has 1 aromatic rings. The first-order valence-corrected chi connectivity index (χ1v) is 8.65. The van der Waals surface area contributed by atoms with Crippen LogP contribution < -0.4 is 0 Å². The average Bonchev–Trinajstić information content (AvgIpc) is 2.90. The zero-order chi connectivity index (χ0) is 14.4. The van der Waals surface area contributed by atoms with Crippen molar-refractivity contribution in [3.05, 3.63) is 21.9 Å². The number of carbonyl (C=O) groups is 1. The molecule has 20 heavy (non-hydrogen) atoms. The Morgan fingerprint density at radius 1 is 1.35 bits per heavy atom. The fourth-order valence-electron chi connectivity index (χ4n) is 2.99. The second kappa shape index (κ2) is 7.79. The van der Waals surface area contributed by atoms with Crippen LogP contribution >= 0.6 is 11.3 Å². The van der Waals surface area contributed by atoms with Gasteiger partial charge in [-0.05, 0) is 36.4 Å². The van der Waals surface area contributed by atoms with Crippen LogP contribution in [0.5, 0.6) is 0 Å². The number of fused-ring (bicyclic) bond motifs is 1. The molecule has 2 rings (SSSR count). The highest BCUT2D eigenvalue weighted by atomic mass is 32.1. The number of carboxylic acid groups (broad SMARTS) is 1. The Hall–Kier alpha value is -0.870. The Labute approximate surface area is 125 Å². The van der Waals surface area contributed by atoms with E-state index in [1.54, 1.807) is 11.3 Å². The molecule has 0 spiro atoms. The summed E-state index contributed by atoms with van der Waals surface area (Å²) in [7, 11) is 0. The quantitative estimate of drug-likeness (QED) is 0.734. The van der Waals surface area contributed by atoms with E-state index in [0.29, 0.717) is 0 Å². The van der Waals surface area contributed by atoms with Crippen molar-refractivity contribution >= 4 is 17.3 Å². The van der Waals surface area contributed by atoms with Crippen LogP contribution in [0.1, 0.15) is 61.9 Å². The lowest BCUT2D eigenvalue weighted by molar-refractivity contribution is -0.144. The zero-order valence-corrected chi connectivity index (χ0v) is 13.1. The first-order chi connectivity index (χ1) is 9.74. The summed E-state index contributed by atoms with van der Waals surface area (Å²) in [5.41, 5.74) is 1.03. The van der Waals surface area contributed by atoms with Crippen molar-refractivity contribution in [3.8, 4) is 0 Å². The fourth-order valence-corrected chi connectivity index (χ4v) is 3.90. The number of rotatable bonds is 8. The van der Waals surface area contributed by atoms with Crippen molar-refractivity contribution in [1.82, 2.24) is 4.90 Å². The molecule has 3 nitrogen and oxygen atoms in total. The smallest absolute Gasteiger partial charge is 0.325 e. The molecule has 1 unspecified atom stereocenters. The highest BCUT2D eigenvalue weighted by molar-refractivity contribution is 7.10. The van der Waals surface area contributed by atoms with E-state index in [1.165, 1.54) is 37.0 Å². The van der Waals surface area contributed by atoms with Crippen molar-refractivity contribution in [2.75, 3.05) is 13.1 Å². The van der Waals surface area contributed by atoms with E-state index in [-0.39, 0.29) is 0 Å². The van der Waals surface area contributed by atoms with Crippen LogP contribution in [0.4, 0.5) is 0 Å². The van der Waals surface area contributed by atoms with Crippen molar-refractivity contribution in [1.29, 1.82) is 0 Å². The van der Waals surface area contributed by atoms with Crippen LogP contribution in [0.25, 0.3) is 0 Å². The van der Waals surface area contributed by atoms with Crippen LogP contribution in [0.15, 0.2) is 11.4 Å². The Bertz CT molecular complexity index is 430. The largest absolute Gasteiger partial charge is 0.480 e. The van der Waals surface area contributed by atoms with Gasteiger partial charge < -0.3 is 5.11 Å². The third-order valence-electron chi connectivity index (χ3n) is 4.10. The molecule has 112 valence electrons. The van der Waals surface area contributed by atoms with Gasteiger partial charge in [0.05, 0.1) is 0 Å². The van der Waals surface area contributed by atoms with Crippen molar-refractivity contribution < 1.29 is 9.90 Å². The van der Waals surface area contributed by atoms with E-state index in [4.69, 9.17) is 0 Å². The third-order valence-corrected chi connectivity index (χ3v) is 5.09. The summed E-state index contributed by atoms with van der Waals surface area (Å²) in [5.74, 6) is -0.699. The summed E-state index contributed by atoms with van der Waals surface area (Å²) in [6.07, 6.45) is 8.53. The number of hydrogen-bond donors (Lipinski definition) is 1. The van der Waals surface area contributed by atoms with E-state index in [0.717, 1.165) is 31.5 Å². The molecular formula is C16H25NO2S. The highest BCUT2D eigenvalue weighted by Gasteiger charge is 2.33. The third kappa shape index (κ3) is 3.83. The summed E-state index contributed by atoms with van der Waals surface area (Å²) in [4.78, 5) is 15.0. The molecule has 2 heterocycles. The molecular weight excluding hydrogens is 270 g/mol. The highest BCUT2D eigenvalue weighted by Crippen LogP contribution is 2.33. The summed E-state index contributed by atoms with van der Waals surface area (Å²) >= 11 is 1.70. The van der Waals surface area contributed by atoms with Gasteiger partial charge in [-0.2, -0.15) is 0 Å². The minimum absolute atomic E-state index is 0.416. The van der Waals surface area contributed by atoms with Gasteiger partial charge in [0.25, 0.3) is 0 Å². The number of aliphatic carboxylic acids is 1. The molecule has 0 bridgehead atoms. The molecule has 1 N–H and O–H groups in total. The van der Waals surface area contributed by atoms with Crippen LogP contribution in [0.2, 0.25) is 0 Å². The number of carboxylic acids is 1. The van der Waals surface area contributed by atoms with E-state index < -0.39 is 12.0 Å². The van der Waals surface area contributed by atoms with Gasteiger partial charge in [0.15, 0.2) is 0 Å². The molecule has 0 aliphatic carbocycles. The molecule has 0 amide bonds. The van der Waals surface area contributed by atoms with Crippen LogP contribution in [-0.2, 0) is 11.2 Å². The first-order valence-electron chi connectivity index (χ1n) is 7.77. The van der Waals surface area contributed by atoms with Gasteiger partial charge in [0.2, 0.25) is 0 Å². The zero-order valence-electron chi connectivity index (χ0n) is 12.3. The summed E-state index contributed by atoms with van der Waals surface area (Å²) in [6, 6.07) is 1.58. The van der Waals surface area contributed by atoms with Gasteiger partial charge in [-0.3, -0.25) is 9.69 Å². The number of unbranched alkanes of at least 4 members (excludes halogenated alkanes) is 5. The van der Waals surface area contributed by atoms with Gasteiger partial charge in [0, 0.05) is 11.4 Å². The van der Waals surface area contributed by atoms with Gasteiger partial charge in [-0.25, -0.2) is 0 Å². The molecule has 4 heteroatoms. The van der Waals surface area contributed by atoms with E-state index in [1.807, 2.05) is 11.4 Å². The number of thiophene rings is 1. The Morgan fingerprint density at radius 2 is 2.10 bits per heavy atom. The molecule has 0 fully saturated rings. The van der Waals surface area contributed by atoms with Crippen molar-refractivity contribution in [3.63, 3.8) is 0 Å². The lowest BCUT2D eigenvalue weighted by Gasteiger charge is -2.33. The predicted molar refractivity (Wildman–Crippen MR) is 83.3 cm³/mol. The molecule has 0 saturated carbocycles. The summed E-state index contributed by atoms with van der Waals surface area (Å²) in [6.45, 7) is 4.03. The normalized spacial score (nSPS) is 18.9. The van der Waals surface area contributed by atoms with Gasteiger partial charge >= 0.3 is 5.97 Å². The molecule has 0 aromatic carbocycles. The molecule has 0 radical (unpaired) electrons. The topological polar surface area (TPSA) is 40.5 Å². The molecule has 0 saturated heterocycles. The number of nitrogens with zero attached hydrogens (tertiary/aromatic N) is 1. The summed E-state index contributed by atoms with van der Waals surface area (Å²) in [5, 5.41) is 11.5. The van der Waals surface area contributed by atoms with Crippen LogP contribution in [0.3, 0.4) is 0 Å². The number of hydrogen-bond acceptors (Lipinski definition) is 3. The standard InChI is InChI=1S/C16H25NO2S/c1-2-3-4-5-6-7-10-17-11-8-14-13(9-12-20-14)15(17)16(18)19/h9,12,15H,2-8,10-11H2,1H3,(H,18,19). The predicted octanol–water partition coefficient (Wildman–Crippen LogP) is 4.09. The Balaban J connectivity index is 1.84. The van der Waals surface area contributed by atoms with E-state index >= 15 is 0 Å². The lowest BCUT2D eigenvalue weighted by Crippen LogP contribution is -2.39. The molecule has 1 atom stereocenters. The summed E-state index contributed by atoms with van der Waals surface area (Å²) < 4.78 is 0. The second-order valence-corrected chi connectivity index (χ2v) is 6.59.